The summed E-state index contributed by atoms with van der Waals surface area (Å²) < 4.78 is 39.2. The number of ether oxygens (including phenoxy) is 2. The molecule has 2 N–H and O–H groups in total. The summed E-state index contributed by atoms with van der Waals surface area (Å²) in [5.74, 6) is 0.287. The predicted octanol–water partition coefficient (Wildman–Crippen LogP) is 4.86. The topological polar surface area (TPSA) is 151 Å². The van der Waals surface area contributed by atoms with Gasteiger partial charge in [0.15, 0.2) is 6.61 Å². The zero-order valence-electron chi connectivity index (χ0n) is 25.5. The fourth-order valence-electron chi connectivity index (χ4n) is 4.43. The first-order chi connectivity index (χ1) is 22.2. The molecule has 0 unspecified atom stereocenters. The van der Waals surface area contributed by atoms with E-state index in [4.69, 9.17) is 14.7 Å². The largest absolute Gasteiger partial charge is 0.484 e. The Balaban J connectivity index is 1.38. The number of nitrogens with zero attached hydrogens (tertiary/aromatic N) is 3. The van der Waals surface area contributed by atoms with Crippen LogP contribution in [-0.2, 0) is 32.6 Å². The lowest BCUT2D eigenvalue weighted by Gasteiger charge is -2.25. The molecule has 2 amide bonds. The summed E-state index contributed by atoms with van der Waals surface area (Å²) in [6.07, 6.45) is 3.52. The lowest BCUT2D eigenvalue weighted by molar-refractivity contribution is -0.122. The number of pyridine rings is 1. The van der Waals surface area contributed by atoms with Crippen LogP contribution in [0.5, 0.6) is 5.75 Å². The molecule has 0 bridgehead atoms. The monoisotopic (exact) mass is 641 g/mol. The van der Waals surface area contributed by atoms with Crippen molar-refractivity contribution < 1.29 is 27.5 Å². The van der Waals surface area contributed by atoms with Crippen molar-refractivity contribution in [1.29, 1.82) is 5.26 Å². The second-order valence-electron chi connectivity index (χ2n) is 10.5. The lowest BCUT2D eigenvalue weighted by Crippen LogP contribution is -2.36. The van der Waals surface area contributed by atoms with E-state index in [1.54, 1.807) is 65.8 Å². The Morgan fingerprint density at radius 1 is 0.978 bits per heavy atom. The summed E-state index contributed by atoms with van der Waals surface area (Å²) in [5, 5.41) is 11.4. The number of carbonyl (C=O) groups is 2. The maximum absolute atomic E-state index is 13.3. The molecule has 0 radical (unpaired) electrons. The molecule has 4 aromatic rings. The summed E-state index contributed by atoms with van der Waals surface area (Å²) >= 11 is 0. The van der Waals surface area contributed by atoms with Crippen molar-refractivity contribution in [2.45, 2.75) is 30.8 Å². The van der Waals surface area contributed by atoms with Gasteiger partial charge in [0.2, 0.25) is 0 Å². The number of hydrogen-bond donors (Lipinski definition) is 2. The van der Waals surface area contributed by atoms with E-state index in [0.717, 1.165) is 16.7 Å². The molecule has 1 atom stereocenters. The van der Waals surface area contributed by atoms with E-state index in [1.807, 2.05) is 25.1 Å². The smallest absolute Gasteiger partial charge is 0.410 e. The lowest BCUT2D eigenvalue weighted by atomic mass is 10.0. The van der Waals surface area contributed by atoms with Crippen LogP contribution < -0.4 is 14.8 Å². The first-order valence-electron chi connectivity index (χ1n) is 14.5. The summed E-state index contributed by atoms with van der Waals surface area (Å²) in [6.45, 7) is 2.75. The van der Waals surface area contributed by atoms with Gasteiger partial charge in [-0.05, 0) is 77.7 Å². The average Bonchev–Trinajstić information content (AvgIpc) is 3.09. The van der Waals surface area contributed by atoms with Crippen molar-refractivity contribution in [3.63, 3.8) is 0 Å². The number of nitriles is 1. The molecule has 1 heterocycles. The highest BCUT2D eigenvalue weighted by Gasteiger charge is 2.20. The van der Waals surface area contributed by atoms with Crippen LogP contribution in [0.25, 0.3) is 0 Å². The molecule has 4 rings (SSSR count). The zero-order valence-corrected chi connectivity index (χ0v) is 26.4. The normalized spacial score (nSPS) is 11.5. The van der Waals surface area contributed by atoms with Gasteiger partial charge in [-0.2, -0.15) is 5.26 Å². The van der Waals surface area contributed by atoms with E-state index in [9.17, 15) is 18.0 Å². The minimum Gasteiger partial charge on any atom is -0.484 e. The Hall–Kier alpha value is -5.41. The fourth-order valence-corrected chi connectivity index (χ4v) is 5.48. The van der Waals surface area contributed by atoms with Crippen LogP contribution >= 0.6 is 0 Å². The van der Waals surface area contributed by atoms with Crippen molar-refractivity contribution in [3.05, 3.63) is 120 Å². The first-order valence-corrected chi connectivity index (χ1v) is 16.0. The van der Waals surface area contributed by atoms with Gasteiger partial charge in [0, 0.05) is 44.1 Å². The number of benzene rings is 3. The molecule has 12 heteroatoms. The van der Waals surface area contributed by atoms with Crippen LogP contribution in [0.15, 0.2) is 102 Å². The van der Waals surface area contributed by atoms with Crippen LogP contribution in [-0.4, -0.2) is 57.0 Å². The number of aromatic nitrogens is 1. The average molecular weight is 642 g/mol. The molecule has 0 spiro atoms. The van der Waals surface area contributed by atoms with Gasteiger partial charge in [0.05, 0.1) is 16.5 Å². The van der Waals surface area contributed by atoms with E-state index < -0.39 is 16.1 Å². The van der Waals surface area contributed by atoms with Gasteiger partial charge in [-0.15, -0.1) is 0 Å². The molecule has 3 aromatic carbocycles. The first kappa shape index (κ1) is 33.5. The SMILES string of the molecule is CNC(=O)COc1ccc(COC(=O)N(CCc2ccc(NS(=O)(=O)c3ccc(C#N)cc3)cc2)C[C@H](C)c2cccnc2)cc1. The third kappa shape index (κ3) is 9.80. The summed E-state index contributed by atoms with van der Waals surface area (Å²) in [4.78, 5) is 30.6. The summed E-state index contributed by atoms with van der Waals surface area (Å²) in [6, 6.07) is 25.4. The molecule has 0 saturated heterocycles. The number of amides is 2. The van der Waals surface area contributed by atoms with E-state index in [2.05, 4.69) is 15.0 Å². The second kappa shape index (κ2) is 16.1. The number of nitrogens with one attached hydrogen (secondary N) is 2. The van der Waals surface area contributed by atoms with Crippen LogP contribution in [0.3, 0.4) is 0 Å². The van der Waals surface area contributed by atoms with E-state index in [-0.39, 0.29) is 29.9 Å². The number of rotatable bonds is 14. The predicted molar refractivity (Wildman–Crippen MR) is 173 cm³/mol. The quantitative estimate of drug-likeness (QED) is 0.198. The van der Waals surface area contributed by atoms with Gasteiger partial charge in [-0.3, -0.25) is 14.5 Å². The standard InChI is InChI=1S/C34H35N5O6S/c1-25(29-4-3-18-37-21-29)22-39(34(41)45-23-28-7-13-31(14-8-28)44-24-33(40)36-2)19-17-26-5-11-30(12-6-26)38-46(42,43)32-15-9-27(20-35)10-16-32/h3-16,18,21,25,38H,17,19,22-24H2,1-2H3,(H,36,40)/t25-/m0/s1. The third-order valence-corrected chi connectivity index (χ3v) is 8.51. The highest BCUT2D eigenvalue weighted by Crippen LogP contribution is 2.20. The molecule has 1 aromatic heterocycles. The van der Waals surface area contributed by atoms with Gasteiger partial charge < -0.3 is 19.7 Å². The molecule has 46 heavy (non-hydrogen) atoms. The van der Waals surface area contributed by atoms with Crippen molar-refractivity contribution in [2.24, 2.45) is 0 Å². The molecule has 11 nitrogen and oxygen atoms in total. The van der Waals surface area contributed by atoms with Crippen molar-refractivity contribution in [3.8, 4) is 11.8 Å². The number of anilines is 1. The molecular weight excluding hydrogens is 606 g/mol. The van der Waals surface area contributed by atoms with Crippen LogP contribution in [0.2, 0.25) is 0 Å². The van der Waals surface area contributed by atoms with E-state index in [1.165, 1.54) is 31.3 Å². The summed E-state index contributed by atoms with van der Waals surface area (Å²) in [5.41, 5.74) is 3.42. The zero-order chi connectivity index (χ0) is 32.9. The summed E-state index contributed by atoms with van der Waals surface area (Å²) in [7, 11) is -2.29. The highest BCUT2D eigenvalue weighted by molar-refractivity contribution is 7.92. The van der Waals surface area contributed by atoms with E-state index >= 15 is 0 Å². The van der Waals surface area contributed by atoms with Crippen LogP contribution in [0, 0.1) is 11.3 Å². The van der Waals surface area contributed by atoms with Gasteiger partial charge in [-0.1, -0.05) is 37.3 Å². The molecule has 0 aliphatic carbocycles. The Labute approximate surface area is 268 Å². The molecular formula is C34H35N5O6S. The molecule has 0 aliphatic heterocycles. The number of hydrogen-bond acceptors (Lipinski definition) is 8. The van der Waals surface area contributed by atoms with Crippen molar-refractivity contribution in [1.82, 2.24) is 15.2 Å². The third-order valence-electron chi connectivity index (χ3n) is 7.11. The van der Waals surface area contributed by atoms with Crippen LogP contribution in [0.1, 0.15) is 35.1 Å². The molecule has 238 valence electrons. The maximum Gasteiger partial charge on any atom is 0.410 e. The molecule has 0 saturated carbocycles. The Kier molecular flexibility index (Phi) is 11.7. The molecule has 0 fully saturated rings. The Morgan fingerprint density at radius 3 is 2.30 bits per heavy atom. The van der Waals surface area contributed by atoms with Gasteiger partial charge in [-0.25, -0.2) is 13.2 Å². The number of sulfonamides is 1. The minimum atomic E-state index is -3.82. The minimum absolute atomic E-state index is 0.00277. The van der Waals surface area contributed by atoms with Gasteiger partial charge in [0.1, 0.15) is 12.4 Å². The van der Waals surface area contributed by atoms with Crippen molar-refractivity contribution >= 4 is 27.7 Å². The Morgan fingerprint density at radius 2 is 1.67 bits per heavy atom. The number of likely N-dealkylation sites (N-methyl/N-ethyl adjacent to an activating group) is 1. The Bertz CT molecular complexity index is 1740. The second-order valence-corrected chi connectivity index (χ2v) is 12.2. The fraction of sp³-hybridized carbons (Fsp3) is 0.235. The highest BCUT2D eigenvalue weighted by atomic mass is 32.2. The maximum atomic E-state index is 13.3. The van der Waals surface area contributed by atoms with Gasteiger partial charge >= 0.3 is 6.09 Å². The number of carbonyl (C=O) groups excluding carboxylic acids is 2. The van der Waals surface area contributed by atoms with Gasteiger partial charge in [0.25, 0.3) is 15.9 Å². The van der Waals surface area contributed by atoms with Crippen molar-refractivity contribution in [2.75, 3.05) is 31.5 Å². The van der Waals surface area contributed by atoms with Crippen LogP contribution in [0.4, 0.5) is 10.5 Å². The van der Waals surface area contributed by atoms with E-state index in [0.29, 0.717) is 36.5 Å². The molecule has 0 aliphatic rings.